The highest BCUT2D eigenvalue weighted by Gasteiger charge is 2.21. The molecule has 0 aliphatic rings. The maximum atomic E-state index is 6.78. The second kappa shape index (κ2) is 12.5. The Morgan fingerprint density at radius 1 is 0.316 bits per heavy atom. The number of fused-ring (bicyclic) bond motifs is 9. The predicted molar refractivity (Wildman–Crippen MR) is 239 cm³/mol. The fourth-order valence-electron chi connectivity index (χ4n) is 9.12. The molecule has 0 unspecified atom stereocenters. The number of hydrogen-bond donors (Lipinski definition) is 0. The van der Waals surface area contributed by atoms with Gasteiger partial charge in [-0.2, -0.15) is 0 Å². The number of hydrogen-bond acceptors (Lipinski definition) is 1. The van der Waals surface area contributed by atoms with Crippen LogP contribution in [0.15, 0.2) is 211 Å². The average Bonchev–Trinajstić information content (AvgIpc) is 3.95. The van der Waals surface area contributed by atoms with Crippen LogP contribution in [0.5, 0.6) is 0 Å². The number of aromatic nitrogens is 2. The molecule has 0 bridgehead atoms. The molecule has 0 atom stereocenters. The molecule has 0 saturated heterocycles. The summed E-state index contributed by atoms with van der Waals surface area (Å²) in [4.78, 5) is 0. The van der Waals surface area contributed by atoms with E-state index in [0.717, 1.165) is 44.3 Å². The number of rotatable bonds is 5. The van der Waals surface area contributed by atoms with Crippen molar-refractivity contribution in [1.29, 1.82) is 0 Å². The number of furan rings is 1. The fourth-order valence-corrected chi connectivity index (χ4v) is 9.12. The van der Waals surface area contributed by atoms with Crippen molar-refractivity contribution in [1.82, 2.24) is 9.13 Å². The first-order valence-electron chi connectivity index (χ1n) is 19.5. The van der Waals surface area contributed by atoms with E-state index in [-0.39, 0.29) is 0 Å². The van der Waals surface area contributed by atoms with Gasteiger partial charge in [-0.15, -0.1) is 0 Å². The van der Waals surface area contributed by atoms with Crippen LogP contribution in [0.1, 0.15) is 0 Å². The first kappa shape index (κ1) is 31.7. The van der Waals surface area contributed by atoms with Gasteiger partial charge in [0, 0.05) is 38.0 Å². The first-order chi connectivity index (χ1) is 28.3. The Bertz CT molecular complexity index is 3490. The van der Waals surface area contributed by atoms with Crippen molar-refractivity contribution in [2.24, 2.45) is 0 Å². The molecule has 3 nitrogen and oxygen atoms in total. The van der Waals surface area contributed by atoms with Gasteiger partial charge in [0.25, 0.3) is 0 Å². The molecule has 0 aliphatic heterocycles. The van der Waals surface area contributed by atoms with Crippen LogP contribution in [0.25, 0.3) is 110 Å². The molecule has 0 spiro atoms. The zero-order valence-electron chi connectivity index (χ0n) is 30.9. The molecule has 9 aromatic carbocycles. The Morgan fingerprint density at radius 3 is 1.63 bits per heavy atom. The van der Waals surface area contributed by atoms with Gasteiger partial charge in [-0.05, 0) is 88.0 Å². The van der Waals surface area contributed by atoms with Gasteiger partial charge >= 0.3 is 0 Å². The van der Waals surface area contributed by atoms with Crippen LogP contribution >= 0.6 is 0 Å². The van der Waals surface area contributed by atoms with Gasteiger partial charge in [0.05, 0.1) is 27.8 Å². The van der Waals surface area contributed by atoms with E-state index in [9.17, 15) is 0 Å². The maximum Gasteiger partial charge on any atom is 0.160 e. The molecule has 57 heavy (non-hydrogen) atoms. The van der Waals surface area contributed by atoms with Crippen molar-refractivity contribution in [2.75, 3.05) is 0 Å². The average molecular weight is 727 g/mol. The lowest BCUT2D eigenvalue weighted by Crippen LogP contribution is -1.95. The molecule has 12 rings (SSSR count). The highest BCUT2D eigenvalue weighted by atomic mass is 16.3. The van der Waals surface area contributed by atoms with E-state index < -0.39 is 0 Å². The van der Waals surface area contributed by atoms with Crippen LogP contribution in [0, 0.1) is 0 Å². The van der Waals surface area contributed by atoms with E-state index in [1.54, 1.807) is 0 Å². The summed E-state index contributed by atoms with van der Waals surface area (Å²) in [6, 6.07) is 74.3. The summed E-state index contributed by atoms with van der Waals surface area (Å²) in [7, 11) is 0. The van der Waals surface area contributed by atoms with Gasteiger partial charge < -0.3 is 13.6 Å². The third kappa shape index (κ3) is 4.86. The highest BCUT2D eigenvalue weighted by molar-refractivity contribution is 6.17. The molecule has 0 N–H and O–H groups in total. The highest BCUT2D eigenvalue weighted by Crippen LogP contribution is 2.43. The summed E-state index contributed by atoms with van der Waals surface area (Å²) in [6.07, 6.45) is 0. The molecule has 0 radical (unpaired) electrons. The van der Waals surface area contributed by atoms with E-state index in [1.807, 2.05) is 6.07 Å². The molecule has 0 amide bonds. The SMILES string of the molecule is c1ccc(-c2ccc(-n3c4ccccc4c4ccc(-c5ccc6c(c5)c5ccccc5n6-c5ccc(-c6ccccc6)c6c5oc5ccccc56)cc43)cc2)cc1. The quantitative estimate of drug-likeness (QED) is 0.173. The van der Waals surface area contributed by atoms with Crippen LogP contribution < -0.4 is 0 Å². The molecular weight excluding hydrogens is 693 g/mol. The Balaban J connectivity index is 1.04. The summed E-state index contributed by atoms with van der Waals surface area (Å²) >= 11 is 0. The van der Waals surface area contributed by atoms with Crippen molar-refractivity contribution in [3.63, 3.8) is 0 Å². The Kier molecular flexibility index (Phi) is 6.93. The molecule has 3 aromatic heterocycles. The lowest BCUT2D eigenvalue weighted by molar-refractivity contribution is 0.666. The summed E-state index contributed by atoms with van der Waals surface area (Å²) in [5, 5.41) is 7.16. The summed E-state index contributed by atoms with van der Waals surface area (Å²) in [6.45, 7) is 0. The lowest BCUT2D eigenvalue weighted by atomic mass is 9.98. The minimum atomic E-state index is 0.888. The normalized spacial score (nSPS) is 11.9. The fraction of sp³-hybridized carbons (Fsp3) is 0. The molecule has 0 fully saturated rings. The van der Waals surface area contributed by atoms with Crippen LogP contribution in [-0.2, 0) is 0 Å². The molecule has 266 valence electrons. The van der Waals surface area contributed by atoms with Gasteiger partial charge in [-0.1, -0.05) is 152 Å². The Hall–Kier alpha value is -7.62. The third-order valence-electron chi connectivity index (χ3n) is 11.7. The van der Waals surface area contributed by atoms with Gasteiger partial charge in [0.1, 0.15) is 5.58 Å². The van der Waals surface area contributed by atoms with Crippen LogP contribution in [0.3, 0.4) is 0 Å². The number of benzene rings is 9. The summed E-state index contributed by atoms with van der Waals surface area (Å²) in [5.41, 5.74) is 15.8. The van der Waals surface area contributed by atoms with Crippen LogP contribution in [0.4, 0.5) is 0 Å². The topological polar surface area (TPSA) is 23.0 Å². The second-order valence-corrected chi connectivity index (χ2v) is 14.9. The molecule has 12 aromatic rings. The Morgan fingerprint density at radius 2 is 0.860 bits per heavy atom. The zero-order valence-corrected chi connectivity index (χ0v) is 30.9. The zero-order chi connectivity index (χ0) is 37.5. The van der Waals surface area contributed by atoms with E-state index in [2.05, 4.69) is 209 Å². The minimum absolute atomic E-state index is 0.888. The van der Waals surface area contributed by atoms with Crippen molar-refractivity contribution in [2.45, 2.75) is 0 Å². The summed E-state index contributed by atoms with van der Waals surface area (Å²) < 4.78 is 11.6. The summed E-state index contributed by atoms with van der Waals surface area (Å²) in [5.74, 6) is 0. The molecular formula is C54H34N2O. The predicted octanol–water partition coefficient (Wildman–Crippen LogP) is 14.8. The smallest absolute Gasteiger partial charge is 0.160 e. The van der Waals surface area contributed by atoms with E-state index in [1.165, 1.54) is 66.0 Å². The van der Waals surface area contributed by atoms with Crippen molar-refractivity contribution < 1.29 is 4.42 Å². The molecule has 0 aliphatic carbocycles. The van der Waals surface area contributed by atoms with Gasteiger partial charge in [-0.3, -0.25) is 0 Å². The Labute approximate surface area is 328 Å². The van der Waals surface area contributed by atoms with Gasteiger partial charge in [0.2, 0.25) is 0 Å². The van der Waals surface area contributed by atoms with E-state index in [4.69, 9.17) is 4.42 Å². The third-order valence-corrected chi connectivity index (χ3v) is 11.7. The number of nitrogens with zero attached hydrogens (tertiary/aromatic N) is 2. The molecule has 3 heterocycles. The lowest BCUT2D eigenvalue weighted by Gasteiger charge is -2.12. The largest absolute Gasteiger partial charge is 0.454 e. The van der Waals surface area contributed by atoms with Crippen LogP contribution in [0.2, 0.25) is 0 Å². The van der Waals surface area contributed by atoms with E-state index in [0.29, 0.717) is 0 Å². The standard InChI is InChI=1S/C54H34N2O/c1-3-13-35(14-4-1)36-23-27-40(28-24-36)55-47-20-10-7-17-42(47)44-29-25-39(34-51(44)55)38-26-31-49-46(33-38)43-18-8-11-21-48(43)56(49)50-32-30-41(37-15-5-2-6-16-37)53-45-19-9-12-22-52(45)57-54(50)53/h1-34H. The van der Waals surface area contributed by atoms with E-state index >= 15 is 0 Å². The second-order valence-electron chi connectivity index (χ2n) is 14.9. The monoisotopic (exact) mass is 726 g/mol. The van der Waals surface area contributed by atoms with Crippen molar-refractivity contribution >= 4 is 65.6 Å². The van der Waals surface area contributed by atoms with Crippen molar-refractivity contribution in [3.05, 3.63) is 206 Å². The van der Waals surface area contributed by atoms with Crippen LogP contribution in [-0.4, -0.2) is 9.13 Å². The van der Waals surface area contributed by atoms with Gasteiger partial charge in [-0.25, -0.2) is 0 Å². The molecule has 0 saturated carbocycles. The number of para-hydroxylation sites is 3. The first-order valence-corrected chi connectivity index (χ1v) is 19.5. The van der Waals surface area contributed by atoms with Crippen molar-refractivity contribution in [3.8, 4) is 44.8 Å². The minimum Gasteiger partial charge on any atom is -0.454 e. The van der Waals surface area contributed by atoms with Gasteiger partial charge in [0.15, 0.2) is 5.58 Å². The molecule has 3 heteroatoms. The maximum absolute atomic E-state index is 6.78.